The molecule has 0 bridgehead atoms. The summed E-state index contributed by atoms with van der Waals surface area (Å²) in [5.41, 5.74) is 0. The molecule has 8 saturated heterocycles. The largest absolute Gasteiger partial charge is 0 e. The van der Waals surface area contributed by atoms with Crippen LogP contribution < -0.4 is 5.32 Å². The molecule has 8 heterocycles. The smallest absolute Gasteiger partial charge is 0 e. The number of ether oxygens (including phenoxy) is 1. The molecule has 8 aliphatic rings. The molecule has 0 aliphatic carbocycles. The predicted molar refractivity (Wildman–Crippen MR) is 279 cm³/mol. The van der Waals surface area contributed by atoms with Crippen molar-refractivity contribution in [3.63, 3.8) is 0 Å². The molecular formula is C41H85I3N7O8VW6-6. The molecule has 8 rings (SSSR count). The zero-order valence-electron chi connectivity index (χ0n) is 34.3. The fourth-order valence-corrected chi connectivity index (χ4v) is 4.03. The second kappa shape index (κ2) is 67.4. The number of aliphatic carboxylic acids is 1. The van der Waals surface area contributed by atoms with Gasteiger partial charge in [0.1, 0.15) is 17.8 Å². The Morgan fingerprint density at radius 1 is 0.667 bits per heavy atom. The van der Waals surface area contributed by atoms with Crippen molar-refractivity contribution in [2.75, 3.05) is 59.0 Å². The first-order valence-electron chi connectivity index (χ1n) is 18.5. The fraction of sp³-hybridized carbons (Fsp3) is 0.829. The first kappa shape index (κ1) is 103. The number of nitrogens with zero attached hydrogens (tertiary/aromatic N) is 6. The molecule has 400 valence electrons. The normalized spacial score (nSPS) is 24.0. The van der Waals surface area contributed by atoms with Crippen LogP contribution in [0.1, 0.15) is 117 Å². The van der Waals surface area contributed by atoms with Crippen molar-refractivity contribution >= 4 is 78.0 Å². The van der Waals surface area contributed by atoms with Crippen LogP contribution in [0, 0.1) is 0 Å². The van der Waals surface area contributed by atoms with Crippen molar-refractivity contribution in [3.05, 3.63) is 56.6 Å². The Morgan fingerprint density at radius 3 is 1.05 bits per heavy atom. The van der Waals surface area contributed by atoms with Crippen molar-refractivity contribution in [1.29, 1.82) is 0 Å². The molecule has 0 saturated carbocycles. The topological polar surface area (TPSA) is 241 Å². The third-order valence-electron chi connectivity index (χ3n) is 8.45. The van der Waals surface area contributed by atoms with Gasteiger partial charge in [-0.1, -0.05) is 135 Å². The van der Waals surface area contributed by atoms with Crippen molar-refractivity contribution in [2.45, 2.75) is 165 Å². The summed E-state index contributed by atoms with van der Waals surface area (Å²) in [6.07, 6.45) is 9.16. The van der Waals surface area contributed by atoms with E-state index in [0.29, 0.717) is 30.4 Å². The minimum Gasteiger partial charge on any atom is 0 e. The van der Waals surface area contributed by atoms with Gasteiger partial charge in [0.15, 0.2) is 0 Å². The number of nitrogens with one attached hydrogen (secondary N) is 1. The number of aliphatic hydroxyl groups excluding tert-OH is 3. The van der Waals surface area contributed by atoms with Crippen LogP contribution in [0.3, 0.4) is 0 Å². The standard InChI is InChI=1S/C6H10NO.C5H8NO.C5H9NO.C5H8NO.C4H6NO2.C4H8NO.C4H6NO.C2H6.6CH4.3HI.V.6W/c1-2-6(8)5-3-4-7-5;1-2-6-4(1)5-3-7-5;2*1-4(7)5-2-3-6-5;6-4(7)3-1-2-5-3;2*6-3-4-1-2-5-4;1-2;;;;;;;;;;;;;;;;/h5H,2-4H2,1H3;4-5H,1-3H2;5-7H,1-3H2;5,7H,1-3H2;3H,1-2H2,(H,6,7);4,6H,1-3H2;3-4H,1-2H2;1-2H3;6*1H4;3*1H;;;;;;;/q2*-1;;4*-1;;;;;;;;;;;+3;;;;;;/p-3. The summed E-state index contributed by atoms with van der Waals surface area (Å²) in [4.78, 5) is 30.0. The average Bonchev–Trinajstić information content (AvgIpc) is 3.74. The third kappa shape index (κ3) is 54.7. The molecule has 8 atom stereocenters. The molecule has 0 aromatic carbocycles. The Hall–Kier alpha value is 4.43. The maximum Gasteiger partial charge on any atom is 0 e. The van der Waals surface area contributed by atoms with E-state index in [-0.39, 0.29) is 224 Å². The molecule has 0 aromatic heterocycles. The molecule has 15 nitrogen and oxygen atoms in total. The average molecular weight is 2340 g/mol. The van der Waals surface area contributed by atoms with Crippen LogP contribution >= 0.6 is 59.9 Å². The number of epoxide rings is 1. The predicted octanol–water partition coefficient (Wildman–Crippen LogP) is 11.4. The van der Waals surface area contributed by atoms with Crippen LogP contribution in [0.25, 0.3) is 31.9 Å². The minimum absolute atomic E-state index is 0. The molecule has 8 unspecified atom stereocenters. The number of halogens is 3. The molecule has 66 heavy (non-hydrogen) atoms. The zero-order chi connectivity index (χ0) is 40.9. The fourth-order valence-electron chi connectivity index (χ4n) is 4.03. The first-order chi connectivity index (χ1) is 25.8. The Labute approximate surface area is 527 Å². The van der Waals surface area contributed by atoms with Gasteiger partial charge in [-0.15, -0.1) is 38.3 Å². The van der Waals surface area contributed by atoms with E-state index in [1.807, 2.05) is 20.8 Å². The van der Waals surface area contributed by atoms with Crippen LogP contribution in [0.2, 0.25) is 0 Å². The number of rotatable bonds is 8. The summed E-state index contributed by atoms with van der Waals surface area (Å²) < 4.78 is 5.02. The van der Waals surface area contributed by atoms with Gasteiger partial charge in [-0.3, -0.25) is 4.79 Å². The van der Waals surface area contributed by atoms with Crippen molar-refractivity contribution in [3.8, 4) is 0 Å². The van der Waals surface area contributed by atoms with Gasteiger partial charge in [0.05, 0.1) is 24.5 Å². The summed E-state index contributed by atoms with van der Waals surface area (Å²) in [5, 5.41) is 60.2. The Bertz CT molecular complexity index is 997. The number of aldehydes is 1. The molecule has 0 amide bonds. The SMILES string of the molecule is C.C.C.C.C.C.C1CC(C2CO2)[N-]1.C=C(O)C1CCN1.C=C(O)C1CC[N-]1.CC.CCC(=O)C1CC[N-]1.O=C(O)C1CC[N-]1.O=CC1CC[N-]1.OCC1CC[N-]1.[I][V]([I])[I].[W].[W].[W].[W].[W].[W]. The number of Topliss-reactive ketones (excluding diaryl/α,β-unsaturated/α-hetero) is 1. The van der Waals surface area contributed by atoms with E-state index in [2.05, 4.69) is 110 Å². The van der Waals surface area contributed by atoms with E-state index in [0.717, 1.165) is 97.2 Å². The van der Waals surface area contributed by atoms with Gasteiger partial charge in [0, 0.05) is 139 Å². The quantitative estimate of drug-likeness (QED) is 0.0671. The van der Waals surface area contributed by atoms with E-state index < -0.39 is 5.97 Å². The van der Waals surface area contributed by atoms with Gasteiger partial charge in [0.25, 0.3) is 5.97 Å². The number of ketones is 1. The number of carboxylic acid groups (broad SMARTS) is 1. The second-order valence-electron chi connectivity index (χ2n) is 12.3. The molecule has 0 radical (unpaired) electrons. The van der Waals surface area contributed by atoms with Crippen LogP contribution in [0.15, 0.2) is 24.7 Å². The maximum atomic E-state index is 10.7. The number of carbonyl (C=O) groups is 3. The molecule has 0 spiro atoms. The molecule has 5 N–H and O–H groups in total. The monoisotopic (exact) mass is 2340 g/mol. The number of carbonyl (C=O) groups excluding carboxylic acids is 2. The van der Waals surface area contributed by atoms with Crippen molar-refractivity contribution < 1.29 is 171 Å². The molecule has 8 aliphatic heterocycles. The van der Waals surface area contributed by atoms with Crippen LogP contribution in [0.4, 0.5) is 0 Å². The Balaban J connectivity index is -0.0000000430. The minimum atomic E-state index is -0.786. The number of carboxylic acids is 1. The summed E-state index contributed by atoms with van der Waals surface area (Å²) in [6, 6.07) is 0.926. The first-order valence-corrected chi connectivity index (χ1v) is 32.0. The molecule has 8 fully saturated rings. The maximum absolute atomic E-state index is 10.7. The summed E-state index contributed by atoms with van der Waals surface area (Å²) in [6.45, 7) is 20.3. The van der Waals surface area contributed by atoms with Crippen molar-refractivity contribution in [1.82, 2.24) is 5.32 Å². The molecule has 0 aromatic rings. The van der Waals surface area contributed by atoms with Crippen molar-refractivity contribution in [2.24, 2.45) is 0 Å². The third-order valence-corrected chi connectivity index (χ3v) is 8.45. The number of hydrogen-bond donors (Lipinski definition) is 5. The van der Waals surface area contributed by atoms with E-state index in [9.17, 15) is 14.4 Å². The summed E-state index contributed by atoms with van der Waals surface area (Å²) >= 11 is 7.39. The van der Waals surface area contributed by atoms with Crippen LogP contribution in [-0.2, 0) is 150 Å². The van der Waals surface area contributed by atoms with E-state index in [1.54, 1.807) is 0 Å². The molecular weight excluding hydrogens is 2250 g/mol. The van der Waals surface area contributed by atoms with Gasteiger partial charge in [-0.25, -0.2) is 0 Å². The molecule has 25 heteroatoms. The second-order valence-corrected chi connectivity index (χ2v) is 47.7. The number of hydrogen-bond acceptors (Lipinski definition) is 8. The van der Waals surface area contributed by atoms with E-state index >= 15 is 0 Å². The van der Waals surface area contributed by atoms with E-state index in [4.69, 9.17) is 25.2 Å². The van der Waals surface area contributed by atoms with Gasteiger partial charge in [0.2, 0.25) is 0 Å². The van der Waals surface area contributed by atoms with Gasteiger partial charge in [-0.2, -0.15) is 13.1 Å². The van der Waals surface area contributed by atoms with Gasteiger partial charge >= 0.3 is 64.9 Å². The van der Waals surface area contributed by atoms with Gasteiger partial charge in [-0.05, 0) is 19.0 Å². The van der Waals surface area contributed by atoms with Crippen LogP contribution in [-0.4, -0.2) is 146 Å². The summed E-state index contributed by atoms with van der Waals surface area (Å²) in [5.74, 6) is 0.00000000000000200. The number of aliphatic hydroxyl groups is 3. The Kier molecular flexibility index (Phi) is 105. The summed E-state index contributed by atoms with van der Waals surface area (Å²) in [7, 11) is 0. The van der Waals surface area contributed by atoms with E-state index in [1.165, 1.54) is 6.42 Å². The zero-order valence-corrected chi connectivity index (χ0v) is 59.7. The van der Waals surface area contributed by atoms with Gasteiger partial charge < -0.3 is 72.0 Å². The van der Waals surface area contributed by atoms with Crippen LogP contribution in [0.5, 0.6) is 0 Å². The Morgan fingerprint density at radius 2 is 1.02 bits per heavy atom.